The number of anilines is 1. The van der Waals surface area contributed by atoms with Gasteiger partial charge in [0, 0.05) is 37.5 Å². The topological polar surface area (TPSA) is 75.6 Å². The van der Waals surface area contributed by atoms with Gasteiger partial charge in [0.15, 0.2) is 0 Å². The molecule has 0 amide bonds. The second kappa shape index (κ2) is 11.0. The Morgan fingerprint density at radius 2 is 1.72 bits per heavy atom. The summed E-state index contributed by atoms with van der Waals surface area (Å²) in [5.74, 6) is 0.126. The fourth-order valence-corrected chi connectivity index (χ4v) is 4.64. The number of nitrogens with zero attached hydrogens (tertiary/aromatic N) is 3. The Morgan fingerprint density at radius 1 is 0.944 bits per heavy atom. The first-order valence-corrected chi connectivity index (χ1v) is 12.3. The Balaban J connectivity index is 1.28. The number of rotatable bonds is 9. The maximum atomic E-state index is 10.8. The minimum atomic E-state index is -0.776. The van der Waals surface area contributed by atoms with Gasteiger partial charge in [-0.15, -0.1) is 0 Å². The molecule has 0 bridgehead atoms. The van der Waals surface area contributed by atoms with Crippen LogP contribution in [0.5, 0.6) is 5.75 Å². The Morgan fingerprint density at radius 3 is 2.47 bits per heavy atom. The van der Waals surface area contributed by atoms with Gasteiger partial charge in [0.05, 0.1) is 17.6 Å². The summed E-state index contributed by atoms with van der Waals surface area (Å²) in [5, 5.41) is 8.88. The highest BCUT2D eigenvalue weighted by Crippen LogP contribution is 2.37. The third kappa shape index (κ3) is 5.71. The summed E-state index contributed by atoms with van der Waals surface area (Å²) in [7, 11) is 0. The molecule has 2 heterocycles. The van der Waals surface area contributed by atoms with E-state index >= 15 is 0 Å². The van der Waals surface area contributed by atoms with Crippen molar-refractivity contribution >= 4 is 11.7 Å². The van der Waals surface area contributed by atoms with Crippen LogP contribution in [0, 0.1) is 0 Å². The van der Waals surface area contributed by atoms with Gasteiger partial charge in [0.2, 0.25) is 0 Å². The van der Waals surface area contributed by atoms with Crippen LogP contribution in [0.4, 0.5) is 5.69 Å². The molecule has 36 heavy (non-hydrogen) atoms. The van der Waals surface area contributed by atoms with E-state index in [2.05, 4.69) is 57.3 Å². The molecule has 1 aliphatic heterocycles. The molecular weight excluding hydrogens is 450 g/mol. The van der Waals surface area contributed by atoms with E-state index in [0.29, 0.717) is 13.0 Å². The largest absolute Gasteiger partial charge is 0.487 e. The Labute approximate surface area is 211 Å². The summed E-state index contributed by atoms with van der Waals surface area (Å²) >= 11 is 0. The van der Waals surface area contributed by atoms with E-state index in [1.807, 2.05) is 24.3 Å². The molecule has 1 N–H and O–H groups in total. The number of aromatic nitrogens is 2. The van der Waals surface area contributed by atoms with Crippen molar-refractivity contribution in [1.29, 1.82) is 0 Å². The van der Waals surface area contributed by atoms with Gasteiger partial charge in [-0.25, -0.2) is 0 Å². The van der Waals surface area contributed by atoms with Crippen molar-refractivity contribution in [2.24, 2.45) is 0 Å². The highest BCUT2D eigenvalue weighted by Gasteiger charge is 2.21. The Hall–Kier alpha value is -4.19. The minimum Gasteiger partial charge on any atom is -0.487 e. The first kappa shape index (κ1) is 23.5. The predicted octanol–water partition coefficient (Wildman–Crippen LogP) is 5.69. The quantitative estimate of drug-likeness (QED) is 0.332. The van der Waals surface area contributed by atoms with Crippen molar-refractivity contribution in [1.82, 2.24) is 9.97 Å². The zero-order valence-electron chi connectivity index (χ0n) is 20.1. The van der Waals surface area contributed by atoms with Crippen LogP contribution in [0.1, 0.15) is 35.1 Å². The molecule has 0 saturated carbocycles. The van der Waals surface area contributed by atoms with Crippen LogP contribution in [-0.4, -0.2) is 27.6 Å². The molecule has 0 spiro atoms. The first-order valence-electron chi connectivity index (χ1n) is 12.3. The number of para-hydroxylation sites is 1. The van der Waals surface area contributed by atoms with Crippen LogP contribution < -0.4 is 9.64 Å². The van der Waals surface area contributed by atoms with Crippen molar-refractivity contribution in [2.45, 2.75) is 38.8 Å². The molecule has 6 nitrogen and oxygen atoms in total. The molecule has 0 radical (unpaired) electrons. The molecule has 4 aromatic rings. The standard InChI is InChI=1S/C30H29N3O3/c34-29(35)15-12-22-6-8-24(9-7-22)21-36-28-5-1-3-26-4-2-18-33(30(26)28)20-23-10-13-25(14-11-23)27-19-31-16-17-32-27/h1,3,5-11,13-14,16-17,19H,2,4,12,15,18,20-21H2,(H,34,35). The van der Waals surface area contributed by atoms with Crippen LogP contribution in [0.15, 0.2) is 85.3 Å². The summed E-state index contributed by atoms with van der Waals surface area (Å²) in [4.78, 5) is 21.8. The van der Waals surface area contributed by atoms with Gasteiger partial charge in [0.1, 0.15) is 12.4 Å². The molecule has 6 heteroatoms. The summed E-state index contributed by atoms with van der Waals surface area (Å²) in [5.41, 5.74) is 7.76. The second-order valence-electron chi connectivity index (χ2n) is 9.08. The van der Waals surface area contributed by atoms with E-state index in [1.54, 1.807) is 18.6 Å². The fraction of sp³-hybridized carbons (Fsp3) is 0.233. The monoisotopic (exact) mass is 479 g/mol. The lowest BCUT2D eigenvalue weighted by molar-refractivity contribution is -0.136. The number of ether oxygens (including phenoxy) is 1. The van der Waals surface area contributed by atoms with E-state index < -0.39 is 5.97 Å². The molecule has 0 aliphatic carbocycles. The number of aryl methyl sites for hydroxylation is 2. The predicted molar refractivity (Wildman–Crippen MR) is 140 cm³/mol. The van der Waals surface area contributed by atoms with Gasteiger partial charge < -0.3 is 14.7 Å². The number of carbonyl (C=O) groups is 1. The van der Waals surface area contributed by atoms with Crippen LogP contribution in [0.25, 0.3) is 11.3 Å². The molecule has 0 saturated heterocycles. The number of hydrogen-bond acceptors (Lipinski definition) is 5. The van der Waals surface area contributed by atoms with E-state index in [-0.39, 0.29) is 6.42 Å². The molecule has 1 aromatic heterocycles. The lowest BCUT2D eigenvalue weighted by Crippen LogP contribution is -2.29. The lowest BCUT2D eigenvalue weighted by atomic mass is 10.00. The maximum absolute atomic E-state index is 10.8. The molecule has 182 valence electrons. The van der Waals surface area contributed by atoms with Crippen molar-refractivity contribution in [3.05, 3.63) is 108 Å². The Bertz CT molecular complexity index is 1310. The molecule has 0 unspecified atom stereocenters. The second-order valence-corrected chi connectivity index (χ2v) is 9.08. The van der Waals surface area contributed by atoms with Gasteiger partial charge in [-0.3, -0.25) is 14.8 Å². The van der Waals surface area contributed by atoms with Crippen molar-refractivity contribution in [3.8, 4) is 17.0 Å². The number of hydrogen-bond donors (Lipinski definition) is 1. The fourth-order valence-electron chi connectivity index (χ4n) is 4.64. The van der Waals surface area contributed by atoms with Gasteiger partial charge in [-0.2, -0.15) is 0 Å². The van der Waals surface area contributed by atoms with Crippen LogP contribution in [0.2, 0.25) is 0 Å². The summed E-state index contributed by atoms with van der Waals surface area (Å²) < 4.78 is 6.32. The maximum Gasteiger partial charge on any atom is 0.303 e. The summed E-state index contributed by atoms with van der Waals surface area (Å²) in [6.07, 6.45) is 8.02. The number of aliphatic carboxylic acids is 1. The molecule has 0 fully saturated rings. The number of benzene rings is 3. The molecule has 1 aliphatic rings. The van der Waals surface area contributed by atoms with Gasteiger partial charge in [-0.05, 0) is 47.6 Å². The highest BCUT2D eigenvalue weighted by molar-refractivity contribution is 5.67. The lowest BCUT2D eigenvalue weighted by Gasteiger charge is -2.33. The van der Waals surface area contributed by atoms with Crippen molar-refractivity contribution < 1.29 is 14.6 Å². The third-order valence-corrected chi connectivity index (χ3v) is 6.50. The van der Waals surface area contributed by atoms with E-state index in [9.17, 15) is 4.79 Å². The molecule has 5 rings (SSSR count). The zero-order chi connectivity index (χ0) is 24.7. The molecule has 3 aromatic carbocycles. The third-order valence-electron chi connectivity index (χ3n) is 6.50. The van der Waals surface area contributed by atoms with Crippen molar-refractivity contribution in [3.63, 3.8) is 0 Å². The number of carboxylic acid groups (broad SMARTS) is 1. The van der Waals surface area contributed by atoms with Crippen molar-refractivity contribution in [2.75, 3.05) is 11.4 Å². The number of fused-ring (bicyclic) bond motifs is 1. The average molecular weight is 480 g/mol. The van der Waals surface area contributed by atoms with Crippen LogP contribution in [0.3, 0.4) is 0 Å². The molecular formula is C30H29N3O3. The minimum absolute atomic E-state index is 0.144. The van der Waals surface area contributed by atoms with E-state index in [1.165, 1.54) is 16.8 Å². The number of carboxylic acids is 1. The normalized spacial score (nSPS) is 12.7. The molecule has 0 atom stereocenters. The van der Waals surface area contributed by atoms with Gasteiger partial charge in [-0.1, -0.05) is 60.7 Å². The Kier molecular flexibility index (Phi) is 7.22. The summed E-state index contributed by atoms with van der Waals surface area (Å²) in [6, 6.07) is 22.9. The van der Waals surface area contributed by atoms with Gasteiger partial charge >= 0.3 is 5.97 Å². The van der Waals surface area contributed by atoms with E-state index in [0.717, 1.165) is 54.1 Å². The van der Waals surface area contributed by atoms with Crippen LogP contribution >= 0.6 is 0 Å². The smallest absolute Gasteiger partial charge is 0.303 e. The summed E-state index contributed by atoms with van der Waals surface area (Å²) in [6.45, 7) is 2.26. The van der Waals surface area contributed by atoms with Gasteiger partial charge in [0.25, 0.3) is 0 Å². The average Bonchev–Trinajstić information content (AvgIpc) is 2.92. The zero-order valence-corrected chi connectivity index (χ0v) is 20.1. The SMILES string of the molecule is O=C(O)CCc1ccc(COc2cccc3c2N(Cc2ccc(-c4cnccn4)cc2)CCC3)cc1. The highest BCUT2D eigenvalue weighted by atomic mass is 16.5. The van der Waals surface area contributed by atoms with E-state index in [4.69, 9.17) is 9.84 Å². The van der Waals surface area contributed by atoms with Crippen LogP contribution in [-0.2, 0) is 30.8 Å². The first-order chi connectivity index (χ1) is 17.7.